The van der Waals surface area contributed by atoms with Crippen LogP contribution in [0.5, 0.6) is 0 Å². The highest BCUT2D eigenvalue weighted by molar-refractivity contribution is 7.54. The zero-order valence-electron chi connectivity index (χ0n) is 12.3. The van der Waals surface area contributed by atoms with Crippen LogP contribution in [0, 0.1) is 5.92 Å². The molecule has 0 aromatic carbocycles. The molecule has 1 saturated carbocycles. The minimum absolute atomic E-state index is 0.132. The Bertz CT molecular complexity index is 334. The predicted octanol–water partition coefficient (Wildman–Crippen LogP) is 3.75. The Morgan fingerprint density at radius 3 is 2.47 bits per heavy atom. The standard InChI is InChI=1S/C14H27O4P/c1-5-12(4)14(15)11-9-8-10-13(14)19(16,17-6-2)18-7-3/h5,12-13,15H,1,6-11H2,2-4H3/t12?,13-,14-/m0/s1. The molecular weight excluding hydrogens is 263 g/mol. The van der Waals surface area contributed by atoms with Gasteiger partial charge in [0.1, 0.15) is 0 Å². The Labute approximate surface area is 116 Å². The van der Waals surface area contributed by atoms with Crippen LogP contribution in [0.3, 0.4) is 0 Å². The van der Waals surface area contributed by atoms with E-state index in [2.05, 4.69) is 6.58 Å². The largest absolute Gasteiger partial charge is 0.388 e. The molecule has 1 N–H and O–H groups in total. The molecular formula is C14H27O4P. The summed E-state index contributed by atoms with van der Waals surface area (Å²) in [6.07, 6.45) is 4.89. The second kappa shape index (κ2) is 7.03. The van der Waals surface area contributed by atoms with Gasteiger partial charge >= 0.3 is 7.60 Å². The molecule has 0 radical (unpaired) electrons. The van der Waals surface area contributed by atoms with E-state index in [1.54, 1.807) is 19.9 Å². The van der Waals surface area contributed by atoms with Crippen LogP contribution in [0.15, 0.2) is 12.7 Å². The second-order valence-corrected chi connectivity index (χ2v) is 7.37. The third-order valence-electron chi connectivity index (χ3n) is 4.02. The summed E-state index contributed by atoms with van der Waals surface area (Å²) in [6.45, 7) is 9.91. The van der Waals surface area contributed by atoms with E-state index < -0.39 is 18.9 Å². The third-order valence-corrected chi connectivity index (χ3v) is 6.73. The van der Waals surface area contributed by atoms with Gasteiger partial charge in [0.05, 0.1) is 24.5 Å². The zero-order valence-corrected chi connectivity index (χ0v) is 13.2. The third kappa shape index (κ3) is 3.49. The summed E-state index contributed by atoms with van der Waals surface area (Å²) in [7, 11) is -3.28. The average Bonchev–Trinajstić information content (AvgIpc) is 2.38. The van der Waals surface area contributed by atoms with E-state index in [1.807, 2.05) is 6.92 Å². The first-order valence-corrected chi connectivity index (χ1v) is 8.79. The molecule has 0 aromatic rings. The van der Waals surface area contributed by atoms with E-state index in [9.17, 15) is 9.67 Å². The molecule has 0 amide bonds. The first-order chi connectivity index (χ1) is 8.94. The van der Waals surface area contributed by atoms with Crippen molar-refractivity contribution in [2.45, 2.75) is 57.7 Å². The highest BCUT2D eigenvalue weighted by atomic mass is 31.2. The molecule has 0 saturated heterocycles. The van der Waals surface area contributed by atoms with Crippen molar-refractivity contribution in [3.05, 3.63) is 12.7 Å². The fourth-order valence-corrected chi connectivity index (χ4v) is 5.47. The van der Waals surface area contributed by atoms with Gasteiger partial charge in [0.25, 0.3) is 0 Å². The molecule has 5 heteroatoms. The molecule has 0 aromatic heterocycles. The van der Waals surface area contributed by atoms with Gasteiger partial charge in [0.15, 0.2) is 0 Å². The van der Waals surface area contributed by atoms with E-state index in [0.717, 1.165) is 12.8 Å². The van der Waals surface area contributed by atoms with Gasteiger partial charge in [-0.25, -0.2) is 0 Å². The first-order valence-electron chi connectivity index (χ1n) is 7.18. The fraction of sp³-hybridized carbons (Fsp3) is 0.857. The van der Waals surface area contributed by atoms with Gasteiger partial charge in [-0.05, 0) is 26.7 Å². The summed E-state index contributed by atoms with van der Waals surface area (Å²) in [5, 5.41) is 11.0. The maximum absolute atomic E-state index is 13.0. The maximum atomic E-state index is 13.0. The van der Waals surface area contributed by atoms with Crippen LogP contribution in [0.25, 0.3) is 0 Å². The van der Waals surface area contributed by atoms with E-state index >= 15 is 0 Å². The quantitative estimate of drug-likeness (QED) is 0.573. The van der Waals surface area contributed by atoms with Gasteiger partial charge in [-0.2, -0.15) is 0 Å². The van der Waals surface area contributed by atoms with E-state index in [4.69, 9.17) is 9.05 Å². The van der Waals surface area contributed by atoms with E-state index in [0.29, 0.717) is 26.1 Å². The van der Waals surface area contributed by atoms with Crippen LogP contribution in [-0.4, -0.2) is 29.6 Å². The Balaban J connectivity index is 3.09. The highest BCUT2D eigenvalue weighted by Gasteiger charge is 2.52. The first kappa shape index (κ1) is 16.9. The minimum atomic E-state index is -3.28. The molecule has 1 aliphatic carbocycles. The molecule has 1 fully saturated rings. The van der Waals surface area contributed by atoms with Crippen molar-refractivity contribution in [3.63, 3.8) is 0 Å². The molecule has 0 heterocycles. The Kier molecular flexibility index (Phi) is 6.25. The van der Waals surface area contributed by atoms with Crippen LogP contribution in [0.4, 0.5) is 0 Å². The van der Waals surface area contributed by atoms with Crippen molar-refractivity contribution in [1.29, 1.82) is 0 Å². The molecule has 0 aliphatic heterocycles. The molecule has 3 atom stereocenters. The molecule has 4 nitrogen and oxygen atoms in total. The van der Waals surface area contributed by atoms with Crippen LogP contribution in [0.2, 0.25) is 0 Å². The van der Waals surface area contributed by atoms with Crippen LogP contribution >= 0.6 is 7.60 Å². The predicted molar refractivity (Wildman–Crippen MR) is 77.4 cm³/mol. The average molecular weight is 290 g/mol. The Morgan fingerprint density at radius 1 is 1.42 bits per heavy atom. The van der Waals surface area contributed by atoms with Crippen molar-refractivity contribution in [2.24, 2.45) is 5.92 Å². The lowest BCUT2D eigenvalue weighted by atomic mass is 9.76. The minimum Gasteiger partial charge on any atom is -0.388 e. The number of aliphatic hydroxyl groups is 1. The summed E-state index contributed by atoms with van der Waals surface area (Å²) in [6, 6.07) is 0. The summed E-state index contributed by atoms with van der Waals surface area (Å²) in [5.41, 5.74) is -1.50. The number of hydrogen-bond donors (Lipinski definition) is 1. The second-order valence-electron chi connectivity index (χ2n) is 5.15. The molecule has 0 bridgehead atoms. The van der Waals surface area contributed by atoms with Crippen LogP contribution in [0.1, 0.15) is 46.5 Å². The van der Waals surface area contributed by atoms with Gasteiger partial charge in [0, 0.05) is 5.92 Å². The van der Waals surface area contributed by atoms with Gasteiger partial charge < -0.3 is 14.2 Å². The SMILES string of the molecule is C=CC(C)[C@@]1(O)CCCC[C@@H]1P(=O)(OCC)OCC. The zero-order chi connectivity index (χ0) is 14.5. The molecule has 1 unspecified atom stereocenters. The fourth-order valence-electron chi connectivity index (χ4n) is 2.91. The van der Waals surface area contributed by atoms with Crippen LogP contribution < -0.4 is 0 Å². The highest BCUT2D eigenvalue weighted by Crippen LogP contribution is 2.61. The normalized spacial score (nSPS) is 30.0. The maximum Gasteiger partial charge on any atom is 0.336 e. The van der Waals surface area contributed by atoms with Gasteiger partial charge in [-0.3, -0.25) is 4.57 Å². The van der Waals surface area contributed by atoms with E-state index in [-0.39, 0.29) is 5.92 Å². The lowest BCUT2D eigenvalue weighted by Gasteiger charge is -2.45. The van der Waals surface area contributed by atoms with Crippen molar-refractivity contribution in [2.75, 3.05) is 13.2 Å². The lowest BCUT2D eigenvalue weighted by molar-refractivity contribution is -0.0320. The molecule has 0 spiro atoms. The van der Waals surface area contributed by atoms with Crippen molar-refractivity contribution < 1.29 is 18.7 Å². The summed E-state index contributed by atoms with van der Waals surface area (Å²) in [4.78, 5) is 0. The monoisotopic (exact) mass is 290 g/mol. The van der Waals surface area contributed by atoms with Gasteiger partial charge in [-0.1, -0.05) is 25.8 Å². The topological polar surface area (TPSA) is 55.8 Å². The number of rotatable bonds is 7. The van der Waals surface area contributed by atoms with Crippen LogP contribution in [-0.2, 0) is 13.6 Å². The van der Waals surface area contributed by atoms with Crippen molar-refractivity contribution >= 4 is 7.60 Å². The molecule has 19 heavy (non-hydrogen) atoms. The summed E-state index contributed by atoms with van der Waals surface area (Å²) < 4.78 is 23.8. The summed E-state index contributed by atoms with van der Waals surface area (Å²) >= 11 is 0. The summed E-state index contributed by atoms with van der Waals surface area (Å²) in [5.74, 6) is -0.132. The van der Waals surface area contributed by atoms with Gasteiger partial charge in [-0.15, -0.1) is 6.58 Å². The van der Waals surface area contributed by atoms with Gasteiger partial charge in [0.2, 0.25) is 0 Å². The lowest BCUT2D eigenvalue weighted by Crippen LogP contribution is -2.49. The Hall–Kier alpha value is -0.150. The smallest absolute Gasteiger partial charge is 0.336 e. The van der Waals surface area contributed by atoms with Crippen molar-refractivity contribution in [3.8, 4) is 0 Å². The molecule has 1 aliphatic rings. The Morgan fingerprint density at radius 2 is 2.00 bits per heavy atom. The van der Waals surface area contributed by atoms with Crippen molar-refractivity contribution in [1.82, 2.24) is 0 Å². The number of hydrogen-bond acceptors (Lipinski definition) is 4. The van der Waals surface area contributed by atoms with E-state index in [1.165, 1.54) is 0 Å². The molecule has 1 rings (SSSR count). The molecule has 112 valence electrons.